The summed E-state index contributed by atoms with van der Waals surface area (Å²) in [5, 5.41) is 9.03. The molecule has 0 radical (unpaired) electrons. The molecule has 0 aliphatic heterocycles. The molecular formula is C23H20F3N3O3. The molecule has 6 nitrogen and oxygen atoms in total. The number of rotatable bonds is 7. The van der Waals surface area contributed by atoms with Gasteiger partial charge < -0.3 is 10.0 Å². The Bertz CT molecular complexity index is 1120. The van der Waals surface area contributed by atoms with Gasteiger partial charge in [-0.25, -0.2) is 0 Å². The van der Waals surface area contributed by atoms with Gasteiger partial charge >= 0.3 is 12.1 Å². The highest BCUT2D eigenvalue weighted by Crippen LogP contribution is 2.34. The van der Waals surface area contributed by atoms with E-state index in [4.69, 9.17) is 5.11 Å². The van der Waals surface area contributed by atoms with Crippen LogP contribution in [0.4, 0.5) is 13.2 Å². The number of benzene rings is 1. The van der Waals surface area contributed by atoms with Gasteiger partial charge in [-0.3, -0.25) is 19.6 Å². The Labute approximate surface area is 182 Å². The van der Waals surface area contributed by atoms with Crippen molar-refractivity contribution in [2.24, 2.45) is 0 Å². The number of carbonyl (C=O) groups is 2. The summed E-state index contributed by atoms with van der Waals surface area (Å²) in [5.74, 6) is -1.37. The van der Waals surface area contributed by atoms with Crippen molar-refractivity contribution in [1.82, 2.24) is 14.9 Å². The third-order valence-corrected chi connectivity index (χ3v) is 4.78. The molecule has 1 amide bonds. The number of nitrogens with zero attached hydrogens (tertiary/aromatic N) is 3. The minimum Gasteiger partial charge on any atom is -0.481 e. The number of aromatic nitrogens is 2. The van der Waals surface area contributed by atoms with Crippen molar-refractivity contribution in [3.05, 3.63) is 83.4 Å². The Balaban J connectivity index is 2.03. The smallest absolute Gasteiger partial charge is 0.416 e. The number of halogens is 3. The van der Waals surface area contributed by atoms with Gasteiger partial charge in [-0.15, -0.1) is 0 Å². The molecule has 0 bridgehead atoms. The molecule has 0 spiro atoms. The third kappa shape index (κ3) is 5.90. The van der Waals surface area contributed by atoms with E-state index in [-0.39, 0.29) is 31.0 Å². The van der Waals surface area contributed by atoms with Crippen LogP contribution in [-0.4, -0.2) is 31.9 Å². The maximum Gasteiger partial charge on any atom is 0.416 e. The number of pyridine rings is 2. The van der Waals surface area contributed by atoms with Crippen LogP contribution < -0.4 is 0 Å². The van der Waals surface area contributed by atoms with Crippen LogP contribution in [0.5, 0.6) is 0 Å². The fraction of sp³-hybridized carbons (Fsp3) is 0.217. The zero-order valence-corrected chi connectivity index (χ0v) is 17.1. The van der Waals surface area contributed by atoms with Crippen LogP contribution in [-0.2, 0) is 35.3 Å². The molecule has 2 heterocycles. The molecule has 2 aromatic heterocycles. The van der Waals surface area contributed by atoms with Gasteiger partial charge in [-0.2, -0.15) is 13.2 Å². The van der Waals surface area contributed by atoms with Crippen LogP contribution >= 0.6 is 0 Å². The number of carboxylic acids is 1. The first-order valence-corrected chi connectivity index (χ1v) is 9.65. The van der Waals surface area contributed by atoms with Gasteiger partial charge in [-0.05, 0) is 47.0 Å². The van der Waals surface area contributed by atoms with Gasteiger partial charge in [0.2, 0.25) is 5.91 Å². The van der Waals surface area contributed by atoms with Crippen molar-refractivity contribution < 1.29 is 27.9 Å². The van der Waals surface area contributed by atoms with E-state index in [1.807, 2.05) is 0 Å². The second-order valence-corrected chi connectivity index (χ2v) is 7.22. The predicted octanol–water partition coefficient (Wildman–Crippen LogP) is 4.34. The lowest BCUT2D eigenvalue weighted by atomic mass is 9.96. The average Bonchev–Trinajstić information content (AvgIpc) is 2.73. The van der Waals surface area contributed by atoms with E-state index in [0.717, 1.165) is 12.1 Å². The highest BCUT2D eigenvalue weighted by molar-refractivity contribution is 5.75. The van der Waals surface area contributed by atoms with Crippen molar-refractivity contribution in [2.45, 2.75) is 32.6 Å². The lowest BCUT2D eigenvalue weighted by molar-refractivity contribution is -0.138. The standard InChI is InChI=1S/C23H20F3N3O3/c1-15(30)29(14-20-4-2-3-7-28-20)13-18-10-19(23(24,25)26)5-6-21(18)17-8-16(9-22(31)32)11-27-12-17/h2-8,10-12H,9,13-14H2,1H3,(H,31,32). The van der Waals surface area contributed by atoms with Crippen LogP contribution in [0.15, 0.2) is 61.1 Å². The fourth-order valence-corrected chi connectivity index (χ4v) is 3.26. The fourth-order valence-electron chi connectivity index (χ4n) is 3.26. The third-order valence-electron chi connectivity index (χ3n) is 4.78. The molecule has 0 aliphatic rings. The zero-order valence-electron chi connectivity index (χ0n) is 17.1. The monoisotopic (exact) mass is 443 g/mol. The molecule has 0 saturated heterocycles. The number of alkyl halides is 3. The quantitative estimate of drug-likeness (QED) is 0.588. The summed E-state index contributed by atoms with van der Waals surface area (Å²) < 4.78 is 40.2. The molecule has 3 rings (SSSR count). The summed E-state index contributed by atoms with van der Waals surface area (Å²) in [6.07, 6.45) is -0.406. The number of carbonyl (C=O) groups excluding carboxylic acids is 1. The number of aliphatic carboxylic acids is 1. The maximum absolute atomic E-state index is 13.4. The van der Waals surface area contributed by atoms with Crippen LogP contribution in [0.25, 0.3) is 11.1 Å². The van der Waals surface area contributed by atoms with Gasteiger partial charge in [0.1, 0.15) is 0 Å². The number of hydrogen-bond acceptors (Lipinski definition) is 4. The van der Waals surface area contributed by atoms with Gasteiger partial charge in [-0.1, -0.05) is 12.1 Å². The van der Waals surface area contributed by atoms with E-state index >= 15 is 0 Å². The van der Waals surface area contributed by atoms with Crippen molar-refractivity contribution in [2.75, 3.05) is 0 Å². The summed E-state index contributed by atoms with van der Waals surface area (Å²) in [7, 11) is 0. The number of amides is 1. The predicted molar refractivity (Wildman–Crippen MR) is 110 cm³/mol. The first kappa shape index (κ1) is 22.9. The SMILES string of the molecule is CC(=O)N(Cc1ccccn1)Cc1cc(C(F)(F)F)ccc1-c1cncc(CC(=O)O)c1. The summed E-state index contributed by atoms with van der Waals surface area (Å²) in [6, 6.07) is 10.1. The Morgan fingerprint density at radius 1 is 1.06 bits per heavy atom. The highest BCUT2D eigenvalue weighted by Gasteiger charge is 2.31. The molecule has 32 heavy (non-hydrogen) atoms. The van der Waals surface area contributed by atoms with Gasteiger partial charge in [0, 0.05) is 37.6 Å². The first-order valence-electron chi connectivity index (χ1n) is 9.65. The van der Waals surface area contributed by atoms with E-state index in [0.29, 0.717) is 22.4 Å². The van der Waals surface area contributed by atoms with Crippen molar-refractivity contribution >= 4 is 11.9 Å². The lowest BCUT2D eigenvalue weighted by Gasteiger charge is -2.23. The van der Waals surface area contributed by atoms with Crippen molar-refractivity contribution in [1.29, 1.82) is 0 Å². The van der Waals surface area contributed by atoms with Gasteiger partial charge in [0.15, 0.2) is 0 Å². The zero-order chi connectivity index (χ0) is 23.3. The molecule has 0 unspecified atom stereocenters. The van der Waals surface area contributed by atoms with Crippen molar-refractivity contribution in [3.63, 3.8) is 0 Å². The minimum absolute atomic E-state index is 0.0890. The number of hydrogen-bond donors (Lipinski definition) is 1. The van der Waals surface area contributed by atoms with Crippen LogP contribution in [0.3, 0.4) is 0 Å². The molecule has 0 aliphatic carbocycles. The normalized spacial score (nSPS) is 11.2. The molecule has 0 fully saturated rings. The first-order chi connectivity index (χ1) is 15.1. The largest absolute Gasteiger partial charge is 0.481 e. The minimum atomic E-state index is -4.56. The van der Waals surface area contributed by atoms with E-state index in [1.54, 1.807) is 30.5 Å². The molecule has 0 saturated carbocycles. The topological polar surface area (TPSA) is 83.4 Å². The Kier molecular flexibility index (Phi) is 6.87. The molecule has 9 heteroatoms. The Morgan fingerprint density at radius 3 is 2.47 bits per heavy atom. The Hall–Kier alpha value is -3.75. The van der Waals surface area contributed by atoms with Gasteiger partial charge in [0.05, 0.1) is 24.2 Å². The van der Waals surface area contributed by atoms with E-state index in [9.17, 15) is 22.8 Å². The molecule has 1 aromatic carbocycles. The Morgan fingerprint density at radius 2 is 1.84 bits per heavy atom. The molecule has 3 aromatic rings. The molecule has 166 valence electrons. The van der Waals surface area contributed by atoms with E-state index in [1.165, 1.54) is 30.3 Å². The second-order valence-electron chi connectivity index (χ2n) is 7.22. The highest BCUT2D eigenvalue weighted by atomic mass is 19.4. The maximum atomic E-state index is 13.4. The lowest BCUT2D eigenvalue weighted by Crippen LogP contribution is -2.28. The van der Waals surface area contributed by atoms with Crippen LogP contribution in [0, 0.1) is 0 Å². The van der Waals surface area contributed by atoms with Crippen LogP contribution in [0.1, 0.15) is 29.3 Å². The van der Waals surface area contributed by atoms with E-state index < -0.39 is 17.7 Å². The molecular weight excluding hydrogens is 423 g/mol. The van der Waals surface area contributed by atoms with Crippen molar-refractivity contribution in [3.8, 4) is 11.1 Å². The summed E-state index contributed by atoms with van der Waals surface area (Å²) in [5.41, 5.74) is 1.34. The van der Waals surface area contributed by atoms with Gasteiger partial charge in [0.25, 0.3) is 0 Å². The molecule has 1 N–H and O–H groups in total. The summed E-state index contributed by atoms with van der Waals surface area (Å²) in [6.45, 7) is 1.38. The van der Waals surface area contributed by atoms with E-state index in [2.05, 4.69) is 9.97 Å². The average molecular weight is 443 g/mol. The molecule has 0 atom stereocenters. The second kappa shape index (κ2) is 9.59. The summed E-state index contributed by atoms with van der Waals surface area (Å²) >= 11 is 0. The number of carboxylic acid groups (broad SMARTS) is 1. The summed E-state index contributed by atoms with van der Waals surface area (Å²) in [4.78, 5) is 32.9. The van der Waals surface area contributed by atoms with Crippen LogP contribution in [0.2, 0.25) is 0 Å².